The third-order valence-corrected chi connectivity index (χ3v) is 5.89. The van der Waals surface area contributed by atoms with Gasteiger partial charge in [-0.3, -0.25) is 4.79 Å². The van der Waals surface area contributed by atoms with Crippen LogP contribution in [0.25, 0.3) is 11.3 Å². The fraction of sp³-hybridized carbons (Fsp3) is 0.174. The number of ether oxygens (including phenoxy) is 1. The van der Waals surface area contributed by atoms with Gasteiger partial charge in [-0.15, -0.1) is 11.8 Å². The molecular formula is C23H21BrN2O4S. The maximum atomic E-state index is 11.9. The molecule has 8 heteroatoms. The summed E-state index contributed by atoms with van der Waals surface area (Å²) < 4.78 is 11.7. The Morgan fingerprint density at radius 3 is 2.65 bits per heavy atom. The fourth-order valence-corrected chi connectivity index (χ4v) is 4.07. The summed E-state index contributed by atoms with van der Waals surface area (Å²) in [5.74, 6) is 1.63. The number of thioether (sulfide) groups is 1. The van der Waals surface area contributed by atoms with E-state index in [-0.39, 0.29) is 11.9 Å². The lowest BCUT2D eigenvalue weighted by Gasteiger charge is -2.03. The van der Waals surface area contributed by atoms with Crippen molar-refractivity contribution in [3.63, 3.8) is 0 Å². The van der Waals surface area contributed by atoms with Crippen molar-refractivity contribution >= 4 is 45.8 Å². The average Bonchev–Trinajstić information content (AvgIpc) is 3.24. The quantitative estimate of drug-likeness (QED) is 0.246. The van der Waals surface area contributed by atoms with E-state index < -0.39 is 0 Å². The molecule has 1 N–H and O–H groups in total. The molecule has 0 atom stereocenters. The second-order valence-electron chi connectivity index (χ2n) is 6.38. The number of esters is 1. The first-order valence-electron chi connectivity index (χ1n) is 9.57. The van der Waals surface area contributed by atoms with E-state index in [0.29, 0.717) is 29.4 Å². The molecule has 3 rings (SSSR count). The van der Waals surface area contributed by atoms with E-state index in [1.54, 1.807) is 43.3 Å². The van der Waals surface area contributed by atoms with Crippen LogP contribution in [-0.4, -0.2) is 30.5 Å². The summed E-state index contributed by atoms with van der Waals surface area (Å²) in [5, 5.41) is 3.95. The molecule has 0 aliphatic rings. The molecule has 1 heterocycles. The van der Waals surface area contributed by atoms with Gasteiger partial charge in [-0.05, 0) is 42.8 Å². The Balaban J connectivity index is 1.47. The van der Waals surface area contributed by atoms with E-state index >= 15 is 0 Å². The topological polar surface area (TPSA) is 80.9 Å². The molecule has 31 heavy (non-hydrogen) atoms. The summed E-state index contributed by atoms with van der Waals surface area (Å²) in [5.41, 5.74) is 4.95. The Morgan fingerprint density at radius 2 is 1.90 bits per heavy atom. The lowest BCUT2D eigenvalue weighted by atomic mass is 10.1. The number of hydrogen-bond acceptors (Lipinski definition) is 6. The van der Waals surface area contributed by atoms with Crippen molar-refractivity contribution in [1.82, 2.24) is 5.43 Å². The van der Waals surface area contributed by atoms with Gasteiger partial charge in [0.15, 0.2) is 0 Å². The van der Waals surface area contributed by atoms with Gasteiger partial charge in [0.1, 0.15) is 11.5 Å². The highest BCUT2D eigenvalue weighted by atomic mass is 79.9. The molecule has 1 aromatic heterocycles. The molecule has 0 saturated heterocycles. The predicted octanol–water partition coefficient (Wildman–Crippen LogP) is 5.27. The van der Waals surface area contributed by atoms with Crippen LogP contribution in [0.3, 0.4) is 0 Å². The van der Waals surface area contributed by atoms with Crippen molar-refractivity contribution in [2.24, 2.45) is 5.10 Å². The number of nitrogens with zero attached hydrogens (tertiary/aromatic N) is 1. The number of rotatable bonds is 9. The summed E-state index contributed by atoms with van der Waals surface area (Å²) in [7, 11) is 0. The van der Waals surface area contributed by atoms with Crippen LogP contribution in [-0.2, 0) is 15.3 Å². The van der Waals surface area contributed by atoms with Gasteiger partial charge in [0.05, 0.1) is 24.1 Å². The van der Waals surface area contributed by atoms with E-state index in [4.69, 9.17) is 9.15 Å². The summed E-state index contributed by atoms with van der Waals surface area (Å²) >= 11 is 5.01. The van der Waals surface area contributed by atoms with E-state index in [2.05, 4.69) is 26.5 Å². The molecule has 1 amide bonds. The van der Waals surface area contributed by atoms with Crippen LogP contribution in [0.15, 0.2) is 74.7 Å². The Bertz CT molecular complexity index is 1060. The zero-order chi connectivity index (χ0) is 22.1. The van der Waals surface area contributed by atoms with Crippen LogP contribution in [0.1, 0.15) is 28.6 Å². The standard InChI is InChI=1S/C23H21BrN2O4S/c1-2-29-23(28)17-9-7-16(8-10-17)21-12-11-19(30-21)13-25-26-22(27)15-31-14-18-5-3-4-6-20(18)24/h3-13H,2,14-15H2,1H3,(H,26,27)/b25-13+. The van der Waals surface area contributed by atoms with Gasteiger partial charge in [0.25, 0.3) is 0 Å². The monoisotopic (exact) mass is 500 g/mol. The Morgan fingerprint density at radius 1 is 1.13 bits per heavy atom. The van der Waals surface area contributed by atoms with Crippen LogP contribution >= 0.6 is 27.7 Å². The molecule has 0 aliphatic carbocycles. The van der Waals surface area contributed by atoms with E-state index in [9.17, 15) is 9.59 Å². The summed E-state index contributed by atoms with van der Waals surface area (Å²) in [4.78, 5) is 23.7. The number of carbonyl (C=O) groups excluding carboxylic acids is 2. The highest BCUT2D eigenvalue weighted by Crippen LogP contribution is 2.23. The van der Waals surface area contributed by atoms with Crippen LogP contribution in [0, 0.1) is 0 Å². The second-order valence-corrected chi connectivity index (χ2v) is 8.22. The molecule has 0 radical (unpaired) electrons. The molecule has 0 fully saturated rings. The number of halogens is 1. The molecule has 0 aliphatic heterocycles. The number of hydrazone groups is 1. The molecule has 160 valence electrons. The number of furan rings is 1. The molecule has 6 nitrogen and oxygen atoms in total. The number of nitrogens with one attached hydrogen (secondary N) is 1. The molecule has 2 aromatic carbocycles. The lowest BCUT2D eigenvalue weighted by molar-refractivity contribution is -0.118. The first-order chi connectivity index (χ1) is 15.1. The number of carbonyl (C=O) groups is 2. The summed E-state index contributed by atoms with van der Waals surface area (Å²) in [6.07, 6.45) is 1.45. The minimum atomic E-state index is -0.355. The van der Waals surface area contributed by atoms with Crippen LogP contribution in [0.2, 0.25) is 0 Å². The number of benzene rings is 2. The molecule has 0 unspecified atom stereocenters. The van der Waals surface area contributed by atoms with Gasteiger partial charge in [-0.2, -0.15) is 5.10 Å². The normalized spacial score (nSPS) is 10.9. The van der Waals surface area contributed by atoms with Crippen molar-refractivity contribution in [3.8, 4) is 11.3 Å². The van der Waals surface area contributed by atoms with Crippen LogP contribution in [0.4, 0.5) is 0 Å². The van der Waals surface area contributed by atoms with Crippen LogP contribution < -0.4 is 5.43 Å². The summed E-state index contributed by atoms with van der Waals surface area (Å²) in [6.45, 7) is 2.10. The fourth-order valence-electron chi connectivity index (χ4n) is 2.63. The van der Waals surface area contributed by atoms with Crippen LogP contribution in [0.5, 0.6) is 0 Å². The largest absolute Gasteiger partial charge is 0.462 e. The summed E-state index contributed by atoms with van der Waals surface area (Å²) in [6, 6.07) is 18.4. The van der Waals surface area contributed by atoms with Gasteiger partial charge >= 0.3 is 5.97 Å². The second kappa shape index (κ2) is 11.5. The van der Waals surface area contributed by atoms with E-state index in [0.717, 1.165) is 21.4 Å². The maximum Gasteiger partial charge on any atom is 0.338 e. The Kier molecular flexibility index (Phi) is 8.49. The average molecular weight is 501 g/mol. The van der Waals surface area contributed by atoms with E-state index in [1.165, 1.54) is 18.0 Å². The van der Waals surface area contributed by atoms with E-state index in [1.807, 2.05) is 24.3 Å². The molecule has 0 spiro atoms. The van der Waals surface area contributed by atoms with Gasteiger partial charge in [-0.25, -0.2) is 10.2 Å². The smallest absolute Gasteiger partial charge is 0.338 e. The minimum Gasteiger partial charge on any atom is -0.462 e. The van der Waals surface area contributed by atoms with Crippen molar-refractivity contribution in [2.75, 3.05) is 12.4 Å². The molecule has 3 aromatic rings. The van der Waals surface area contributed by atoms with Crippen molar-refractivity contribution in [3.05, 3.63) is 82.0 Å². The molecule has 0 bridgehead atoms. The van der Waals surface area contributed by atoms with Crippen molar-refractivity contribution in [2.45, 2.75) is 12.7 Å². The highest BCUT2D eigenvalue weighted by Gasteiger charge is 2.08. The Labute approximate surface area is 193 Å². The minimum absolute atomic E-state index is 0.186. The lowest BCUT2D eigenvalue weighted by Crippen LogP contribution is -2.19. The molecule has 0 saturated carbocycles. The highest BCUT2D eigenvalue weighted by molar-refractivity contribution is 9.10. The predicted molar refractivity (Wildman–Crippen MR) is 126 cm³/mol. The first-order valence-corrected chi connectivity index (χ1v) is 11.5. The Hall–Kier alpha value is -2.84. The van der Waals surface area contributed by atoms with Crippen molar-refractivity contribution in [1.29, 1.82) is 0 Å². The zero-order valence-electron chi connectivity index (χ0n) is 16.8. The maximum absolute atomic E-state index is 11.9. The third kappa shape index (κ3) is 6.83. The van der Waals surface area contributed by atoms with Gasteiger partial charge < -0.3 is 9.15 Å². The third-order valence-electron chi connectivity index (χ3n) is 4.14. The number of hydrogen-bond donors (Lipinski definition) is 1. The molecular weight excluding hydrogens is 480 g/mol. The first kappa shape index (κ1) is 22.8. The van der Waals surface area contributed by atoms with Gasteiger partial charge in [-0.1, -0.05) is 46.3 Å². The van der Waals surface area contributed by atoms with Gasteiger partial charge in [0, 0.05) is 15.8 Å². The SMILES string of the molecule is CCOC(=O)c1ccc(-c2ccc(/C=N/NC(=O)CSCc3ccccc3Br)o2)cc1. The van der Waals surface area contributed by atoms with Crippen molar-refractivity contribution < 1.29 is 18.7 Å². The zero-order valence-corrected chi connectivity index (χ0v) is 19.2. The number of amides is 1. The van der Waals surface area contributed by atoms with Gasteiger partial charge in [0.2, 0.25) is 5.91 Å².